The van der Waals surface area contributed by atoms with E-state index in [4.69, 9.17) is 0 Å². The van der Waals surface area contributed by atoms with Crippen LogP contribution in [0.1, 0.15) is 33.1 Å². The minimum Gasteiger partial charge on any atom is -0.301 e. The number of nitrogens with zero attached hydrogens (tertiary/aromatic N) is 2. The van der Waals surface area contributed by atoms with Crippen LogP contribution in [0.2, 0.25) is 0 Å². The molecule has 78 valence electrons. The molecule has 0 aromatic carbocycles. The van der Waals surface area contributed by atoms with Crippen molar-refractivity contribution in [2.24, 2.45) is 0 Å². The van der Waals surface area contributed by atoms with Gasteiger partial charge in [-0.25, -0.2) is 0 Å². The average molecular weight is 184 g/mol. The maximum Gasteiger partial charge on any atom is 0.0110 e. The number of unbranched alkanes of at least 4 members (excludes halogenated alkanes) is 1. The summed E-state index contributed by atoms with van der Waals surface area (Å²) in [4.78, 5) is 5.19. The molecule has 1 rings (SSSR count). The molecule has 0 aliphatic carbocycles. The lowest BCUT2D eigenvalue weighted by molar-refractivity contribution is 0.131. The Labute approximate surface area is 82.9 Å². The average Bonchev–Trinajstić information content (AvgIpc) is 2.17. The highest BCUT2D eigenvalue weighted by Gasteiger charge is 2.14. The molecule has 0 saturated carbocycles. The monoisotopic (exact) mass is 184 g/mol. The SMILES string of the molecule is CCCCN1CCN(CCC)CC1. The predicted molar refractivity (Wildman–Crippen MR) is 58.1 cm³/mol. The number of piperazine rings is 1. The molecule has 2 heteroatoms. The lowest BCUT2D eigenvalue weighted by Gasteiger charge is -2.34. The van der Waals surface area contributed by atoms with Crippen molar-refractivity contribution in [2.75, 3.05) is 39.3 Å². The second kappa shape index (κ2) is 6.39. The van der Waals surface area contributed by atoms with Crippen LogP contribution in [0.5, 0.6) is 0 Å². The van der Waals surface area contributed by atoms with Gasteiger partial charge in [-0.2, -0.15) is 0 Å². The van der Waals surface area contributed by atoms with Crippen molar-refractivity contribution in [2.45, 2.75) is 33.1 Å². The fourth-order valence-corrected chi connectivity index (χ4v) is 1.93. The van der Waals surface area contributed by atoms with Gasteiger partial charge in [0.05, 0.1) is 0 Å². The molecule has 2 nitrogen and oxygen atoms in total. The quantitative estimate of drug-likeness (QED) is 0.643. The summed E-state index contributed by atoms with van der Waals surface area (Å²) in [6.07, 6.45) is 4.00. The van der Waals surface area contributed by atoms with E-state index in [9.17, 15) is 0 Å². The number of rotatable bonds is 5. The molecule has 0 atom stereocenters. The molecule has 0 bridgehead atoms. The zero-order valence-corrected chi connectivity index (χ0v) is 9.26. The Balaban J connectivity index is 2.08. The van der Waals surface area contributed by atoms with Crippen LogP contribution in [0.15, 0.2) is 0 Å². The van der Waals surface area contributed by atoms with Gasteiger partial charge in [-0.05, 0) is 25.9 Å². The van der Waals surface area contributed by atoms with Gasteiger partial charge in [-0.15, -0.1) is 0 Å². The highest BCUT2D eigenvalue weighted by Crippen LogP contribution is 2.03. The Bertz CT molecular complexity index is 117. The minimum absolute atomic E-state index is 1.29. The highest BCUT2D eigenvalue weighted by atomic mass is 15.3. The zero-order chi connectivity index (χ0) is 9.52. The molecule has 0 radical (unpaired) electrons. The number of hydrogen-bond acceptors (Lipinski definition) is 2. The fourth-order valence-electron chi connectivity index (χ4n) is 1.93. The fraction of sp³-hybridized carbons (Fsp3) is 1.00. The van der Waals surface area contributed by atoms with Gasteiger partial charge in [0.25, 0.3) is 0 Å². The maximum absolute atomic E-state index is 2.61. The first-order valence-electron chi connectivity index (χ1n) is 5.81. The van der Waals surface area contributed by atoms with Crippen molar-refractivity contribution in [1.82, 2.24) is 9.80 Å². The molecule has 1 heterocycles. The first kappa shape index (κ1) is 11.0. The van der Waals surface area contributed by atoms with E-state index in [0.717, 1.165) is 0 Å². The van der Waals surface area contributed by atoms with E-state index < -0.39 is 0 Å². The molecule has 0 N–H and O–H groups in total. The molecule has 0 aromatic rings. The van der Waals surface area contributed by atoms with E-state index >= 15 is 0 Å². The molecule has 1 aliphatic heterocycles. The molecule has 13 heavy (non-hydrogen) atoms. The van der Waals surface area contributed by atoms with Crippen molar-refractivity contribution in [3.63, 3.8) is 0 Å². The van der Waals surface area contributed by atoms with Crippen molar-refractivity contribution in [3.05, 3.63) is 0 Å². The van der Waals surface area contributed by atoms with Gasteiger partial charge in [0.1, 0.15) is 0 Å². The van der Waals surface area contributed by atoms with Crippen LogP contribution in [0.25, 0.3) is 0 Å². The van der Waals surface area contributed by atoms with Gasteiger partial charge in [-0.3, -0.25) is 0 Å². The van der Waals surface area contributed by atoms with Gasteiger partial charge in [0.2, 0.25) is 0 Å². The Morgan fingerprint density at radius 3 is 1.77 bits per heavy atom. The first-order valence-corrected chi connectivity index (χ1v) is 5.81. The molecule has 0 unspecified atom stereocenters. The Morgan fingerprint density at radius 1 is 0.769 bits per heavy atom. The van der Waals surface area contributed by atoms with Crippen molar-refractivity contribution < 1.29 is 0 Å². The highest BCUT2D eigenvalue weighted by molar-refractivity contribution is 4.71. The van der Waals surface area contributed by atoms with E-state index in [2.05, 4.69) is 23.6 Å². The lowest BCUT2D eigenvalue weighted by atomic mass is 10.2. The van der Waals surface area contributed by atoms with Crippen molar-refractivity contribution in [1.29, 1.82) is 0 Å². The van der Waals surface area contributed by atoms with Crippen molar-refractivity contribution >= 4 is 0 Å². The normalized spacial score (nSPS) is 20.8. The van der Waals surface area contributed by atoms with Gasteiger partial charge in [-0.1, -0.05) is 20.3 Å². The summed E-state index contributed by atoms with van der Waals surface area (Å²) in [6, 6.07) is 0. The zero-order valence-electron chi connectivity index (χ0n) is 9.26. The summed E-state index contributed by atoms with van der Waals surface area (Å²) in [7, 11) is 0. The third kappa shape index (κ3) is 4.10. The van der Waals surface area contributed by atoms with E-state index in [0.29, 0.717) is 0 Å². The Morgan fingerprint density at radius 2 is 1.31 bits per heavy atom. The molecular formula is C11H24N2. The second-order valence-corrected chi connectivity index (χ2v) is 4.04. The largest absolute Gasteiger partial charge is 0.301 e. The summed E-state index contributed by atoms with van der Waals surface area (Å²) in [5, 5.41) is 0. The molecule has 0 aromatic heterocycles. The summed E-state index contributed by atoms with van der Waals surface area (Å²) >= 11 is 0. The van der Waals surface area contributed by atoms with Crippen LogP contribution in [-0.4, -0.2) is 49.1 Å². The summed E-state index contributed by atoms with van der Waals surface area (Å²) in [5.41, 5.74) is 0. The van der Waals surface area contributed by atoms with Crippen LogP contribution in [0, 0.1) is 0 Å². The molecule has 0 spiro atoms. The molecule has 1 aliphatic rings. The van der Waals surface area contributed by atoms with Crippen LogP contribution in [0.3, 0.4) is 0 Å². The van der Waals surface area contributed by atoms with E-state index in [1.54, 1.807) is 0 Å². The molecule has 1 saturated heterocycles. The lowest BCUT2D eigenvalue weighted by Crippen LogP contribution is -2.46. The third-order valence-electron chi connectivity index (χ3n) is 2.83. The summed E-state index contributed by atoms with van der Waals surface area (Å²) in [6.45, 7) is 12.3. The van der Waals surface area contributed by atoms with E-state index in [1.807, 2.05) is 0 Å². The third-order valence-corrected chi connectivity index (χ3v) is 2.83. The van der Waals surface area contributed by atoms with E-state index in [1.165, 1.54) is 58.5 Å². The van der Waals surface area contributed by atoms with Crippen LogP contribution >= 0.6 is 0 Å². The summed E-state index contributed by atoms with van der Waals surface area (Å²) < 4.78 is 0. The molecule has 1 fully saturated rings. The number of hydrogen-bond donors (Lipinski definition) is 0. The van der Waals surface area contributed by atoms with Gasteiger partial charge in [0.15, 0.2) is 0 Å². The Kier molecular flexibility index (Phi) is 5.40. The molecular weight excluding hydrogens is 160 g/mol. The van der Waals surface area contributed by atoms with Crippen LogP contribution < -0.4 is 0 Å². The Hall–Kier alpha value is -0.0800. The smallest absolute Gasteiger partial charge is 0.0110 e. The van der Waals surface area contributed by atoms with Gasteiger partial charge >= 0.3 is 0 Å². The minimum atomic E-state index is 1.29. The molecule has 0 amide bonds. The van der Waals surface area contributed by atoms with Gasteiger partial charge < -0.3 is 9.80 Å². The first-order chi connectivity index (χ1) is 6.36. The second-order valence-electron chi connectivity index (χ2n) is 4.04. The van der Waals surface area contributed by atoms with Crippen molar-refractivity contribution in [3.8, 4) is 0 Å². The summed E-state index contributed by atoms with van der Waals surface area (Å²) in [5.74, 6) is 0. The van der Waals surface area contributed by atoms with Crippen LogP contribution in [-0.2, 0) is 0 Å². The van der Waals surface area contributed by atoms with Crippen LogP contribution in [0.4, 0.5) is 0 Å². The topological polar surface area (TPSA) is 6.48 Å². The van der Waals surface area contributed by atoms with E-state index in [-0.39, 0.29) is 0 Å². The predicted octanol–water partition coefficient (Wildman–Crippen LogP) is 1.81. The van der Waals surface area contributed by atoms with Gasteiger partial charge in [0, 0.05) is 26.2 Å². The maximum atomic E-state index is 2.61. The standard InChI is InChI=1S/C11H24N2/c1-3-5-7-13-10-8-12(6-4-2)9-11-13/h3-11H2,1-2H3.